The maximum atomic E-state index is 12.7. The van der Waals surface area contributed by atoms with Crippen LogP contribution in [0.2, 0.25) is 0 Å². The van der Waals surface area contributed by atoms with E-state index in [1.807, 2.05) is 103 Å². The molecule has 4 aliphatic heterocycles. The van der Waals surface area contributed by atoms with Gasteiger partial charge < -0.3 is 37.2 Å². The standard InChI is InChI=1S/C18H17N3O2S2.C16H13N3O2S2.C14H11N3OS2.C9H6N2S.C5H7NO2.CH3F/c1-3-21-9-8-11-14(16(19-10(2)22)25-15(11)18(21)23)17-20-12-6-4-5-7-13(12)24-17;1-8(20)18-15-12(9-6-7-17-14(21)13(9)23-15)16-19-10-4-2-3-5-11(10)22-16;15-12-10(7-5-6-16-13(18)11(7)20-12)14-17-8-3-1-2-4-9(8)19-14;10-6-5-9-11-7-3-1-2-4-8(7)12-9;7-4-1-2-6-5(8)3-4;1-2/h4-7H,3,8-9H2,1-2H3,(H,19,22);2-5H,6-7H2,1H3,(H,17,21)(H,18,20);1-4H,5-6,15H2,(H,16,18);1-4H,5H2;1-3H2,(H,6,8);1H3/i;;;;;1D. The Morgan fingerprint density at radius 2 is 1.02 bits per heavy atom. The average molecular weight is 1340 g/mol. The van der Waals surface area contributed by atoms with Gasteiger partial charge in [0.2, 0.25) is 17.7 Å². The zero-order valence-electron chi connectivity index (χ0n) is 49.6. The SMILES string of the molecule is CC(=O)Nc1sc2c(c1-c1nc3ccccc3s1)CCNC2=O.CCN1CCc2c(sc(NC(C)=O)c2-c2nc3ccccc3s2)C1=O.N#CCc1nc2ccccc2s1.Nc1sc2c(c1-c1nc3ccccc3s1)CCNC2=O.O=C1CCNC(=O)C1.[2H]CF. The largest absolute Gasteiger partial charge is 0.390 e. The molecule has 6 amide bonds. The Kier molecular flexibility index (Phi) is 20.4. The van der Waals surface area contributed by atoms with Crippen LogP contribution in [0.5, 0.6) is 0 Å². The van der Waals surface area contributed by atoms with Crippen LogP contribution in [0, 0.1) is 11.3 Å². The molecule has 0 atom stereocenters. The third-order valence-electron chi connectivity index (χ3n) is 14.0. The molecule has 0 radical (unpaired) electrons. The molecule has 90 heavy (non-hydrogen) atoms. The third-order valence-corrected chi connectivity index (χ3v) is 21.6. The zero-order chi connectivity index (χ0) is 64.3. The zero-order valence-corrected chi connectivity index (χ0v) is 54.3. The Morgan fingerprint density at radius 3 is 1.46 bits per heavy atom. The van der Waals surface area contributed by atoms with Gasteiger partial charge in [-0.3, -0.25) is 38.0 Å². The number of ketones is 1. The number of nitriles is 1. The second-order valence-corrected chi connectivity index (χ2v) is 27.4. The van der Waals surface area contributed by atoms with Crippen molar-refractivity contribution in [2.75, 3.05) is 56.2 Å². The van der Waals surface area contributed by atoms with Crippen LogP contribution in [-0.2, 0) is 44.9 Å². The van der Waals surface area contributed by atoms with Gasteiger partial charge in [0.1, 0.15) is 35.8 Å². The number of fused-ring (bicyclic) bond motifs is 7. The minimum atomic E-state index is -1.00. The molecule has 11 aromatic rings. The van der Waals surface area contributed by atoms with Crippen molar-refractivity contribution in [1.82, 2.24) is 40.8 Å². The maximum Gasteiger partial charge on any atom is 0.264 e. The quantitative estimate of drug-likeness (QED) is 0.0811. The van der Waals surface area contributed by atoms with E-state index in [0.717, 1.165) is 128 Å². The number of aromatic nitrogens is 4. The summed E-state index contributed by atoms with van der Waals surface area (Å²) in [7, 11) is -1.00. The molecular weight excluding hydrogens is 1280 g/mol. The molecular formula is C63H57FN12O7S7. The normalized spacial score (nSPS) is 13.9. The predicted molar refractivity (Wildman–Crippen MR) is 362 cm³/mol. The Bertz CT molecular complexity index is 4470. The van der Waals surface area contributed by atoms with Crippen molar-refractivity contribution in [3.63, 3.8) is 0 Å². The monoisotopic (exact) mass is 1340 g/mol. The molecule has 0 unspecified atom stereocenters. The van der Waals surface area contributed by atoms with Crippen molar-refractivity contribution in [2.45, 2.75) is 59.3 Å². The van der Waals surface area contributed by atoms with Crippen molar-refractivity contribution >= 4 is 176 Å². The van der Waals surface area contributed by atoms with Gasteiger partial charge >= 0.3 is 0 Å². The Hall–Kier alpha value is -8.75. The number of Topliss-reactive ketones (excluding diaryl/α,β-unsaturated/α-hetero) is 1. The van der Waals surface area contributed by atoms with Gasteiger partial charge in [-0.15, -0.1) is 79.4 Å². The molecule has 0 bridgehead atoms. The van der Waals surface area contributed by atoms with Crippen molar-refractivity contribution in [2.24, 2.45) is 0 Å². The Labute approximate surface area is 544 Å². The van der Waals surface area contributed by atoms with Crippen LogP contribution >= 0.6 is 79.4 Å². The summed E-state index contributed by atoms with van der Waals surface area (Å²) in [5, 5.41) is 28.1. The molecule has 15 rings (SSSR count). The number of thiazole rings is 4. The first kappa shape index (κ1) is 62.8. The Balaban J connectivity index is 0.000000129. The number of alkyl halides is 1. The van der Waals surface area contributed by atoms with E-state index in [-0.39, 0.29) is 47.6 Å². The molecule has 460 valence electrons. The number of carbonyl (C=O) groups excluding carboxylic acids is 7. The number of anilines is 3. The van der Waals surface area contributed by atoms with Gasteiger partial charge in [-0.1, -0.05) is 48.5 Å². The molecule has 27 heteroatoms. The molecule has 1 saturated heterocycles. The highest BCUT2D eigenvalue weighted by Crippen LogP contribution is 2.48. The highest BCUT2D eigenvalue weighted by Gasteiger charge is 2.33. The van der Waals surface area contributed by atoms with E-state index >= 15 is 0 Å². The number of nitrogens with one attached hydrogen (secondary N) is 5. The lowest BCUT2D eigenvalue weighted by atomic mass is 10.0. The number of likely N-dealkylation sites (N-methyl/N-ethyl adjacent to an activating group) is 1. The van der Waals surface area contributed by atoms with Crippen LogP contribution < -0.4 is 32.3 Å². The van der Waals surface area contributed by atoms with Gasteiger partial charge in [0.15, 0.2) is 0 Å². The van der Waals surface area contributed by atoms with Crippen LogP contribution in [-0.4, -0.2) is 106 Å². The first-order valence-corrected chi connectivity index (χ1v) is 33.8. The van der Waals surface area contributed by atoms with Gasteiger partial charge in [0, 0.05) is 69.7 Å². The number of halogens is 1. The Morgan fingerprint density at radius 1 is 0.600 bits per heavy atom. The van der Waals surface area contributed by atoms with Gasteiger partial charge in [-0.25, -0.2) is 19.9 Å². The molecule has 4 aromatic carbocycles. The van der Waals surface area contributed by atoms with E-state index < -0.39 is 7.15 Å². The minimum Gasteiger partial charge on any atom is -0.390 e. The number of nitrogens with zero attached hydrogens (tertiary/aromatic N) is 6. The van der Waals surface area contributed by atoms with Crippen LogP contribution in [0.15, 0.2) is 97.1 Å². The van der Waals surface area contributed by atoms with Gasteiger partial charge in [0.05, 0.1) is 87.9 Å². The molecule has 0 saturated carbocycles. The predicted octanol–water partition coefficient (Wildman–Crippen LogP) is 12.6. The number of para-hydroxylation sites is 4. The van der Waals surface area contributed by atoms with Gasteiger partial charge in [-0.2, -0.15) is 5.26 Å². The van der Waals surface area contributed by atoms with Crippen molar-refractivity contribution in [1.29, 1.82) is 5.26 Å². The second-order valence-electron chi connectivity index (χ2n) is 20.1. The summed E-state index contributed by atoms with van der Waals surface area (Å²) in [5.74, 6) is -0.416. The molecule has 1 fully saturated rings. The molecule has 19 nitrogen and oxygen atoms in total. The van der Waals surface area contributed by atoms with Crippen molar-refractivity contribution < 1.29 is 39.3 Å². The molecule has 7 N–H and O–H groups in total. The van der Waals surface area contributed by atoms with Crippen LogP contribution in [0.3, 0.4) is 0 Å². The first-order valence-electron chi connectivity index (χ1n) is 28.8. The number of rotatable bonds is 7. The topological polar surface area (TPSA) is 284 Å². The molecule has 0 spiro atoms. The first-order chi connectivity index (χ1) is 44.0. The summed E-state index contributed by atoms with van der Waals surface area (Å²) in [5.41, 5.74) is 15.8. The lowest BCUT2D eigenvalue weighted by Gasteiger charge is -2.25. The lowest BCUT2D eigenvalue weighted by molar-refractivity contribution is -0.130. The van der Waals surface area contributed by atoms with E-state index in [1.54, 1.807) is 45.3 Å². The molecule has 7 aromatic heterocycles. The van der Waals surface area contributed by atoms with Gasteiger partial charge in [-0.05, 0) is 91.4 Å². The highest BCUT2D eigenvalue weighted by molar-refractivity contribution is 7.24. The number of thiophene rings is 3. The summed E-state index contributed by atoms with van der Waals surface area (Å²) < 4.78 is 20.0. The second kappa shape index (κ2) is 29.3. The summed E-state index contributed by atoms with van der Waals surface area (Å²) in [6.45, 7) is 8.15. The number of carbonyl (C=O) groups is 7. The number of nitrogen functional groups attached to an aromatic ring is 1. The molecule has 0 aliphatic carbocycles. The van der Waals surface area contributed by atoms with Crippen LogP contribution in [0.4, 0.5) is 19.4 Å². The number of piperidine rings is 1. The highest BCUT2D eigenvalue weighted by atomic mass is 32.1. The van der Waals surface area contributed by atoms with E-state index in [1.165, 1.54) is 47.9 Å². The summed E-state index contributed by atoms with van der Waals surface area (Å²) in [6.07, 6.45) is 3.36. The smallest absolute Gasteiger partial charge is 0.264 e. The number of nitrogens with two attached hydrogens (primary N) is 1. The number of hydrogen-bond acceptors (Lipinski definition) is 20. The van der Waals surface area contributed by atoms with Crippen LogP contribution in [0.25, 0.3) is 72.6 Å². The summed E-state index contributed by atoms with van der Waals surface area (Å²) >= 11 is 10.4. The van der Waals surface area contributed by atoms with E-state index in [0.29, 0.717) is 60.4 Å². The third kappa shape index (κ3) is 14.5. The fourth-order valence-corrected chi connectivity index (χ4v) is 17.8. The maximum absolute atomic E-state index is 12.7. The fourth-order valence-electron chi connectivity index (χ4n) is 10.1. The van der Waals surface area contributed by atoms with E-state index in [2.05, 4.69) is 48.7 Å². The summed E-state index contributed by atoms with van der Waals surface area (Å²) in [6, 6.07) is 34.0. The van der Waals surface area contributed by atoms with Crippen molar-refractivity contribution in [3.05, 3.63) is 133 Å². The number of hydrogen-bond donors (Lipinski definition) is 6. The number of benzene rings is 4. The van der Waals surface area contributed by atoms with E-state index in [9.17, 15) is 38.0 Å². The molecule has 11 heterocycles. The van der Waals surface area contributed by atoms with Crippen molar-refractivity contribution in [3.8, 4) is 37.8 Å². The van der Waals surface area contributed by atoms with Gasteiger partial charge in [0.25, 0.3) is 17.7 Å². The average Bonchev–Trinajstić information content (AvgIpc) is 1.64. The summed E-state index contributed by atoms with van der Waals surface area (Å²) in [4.78, 5) is 103. The number of amides is 6. The van der Waals surface area contributed by atoms with Crippen LogP contribution in [0.1, 0.15) is 85.7 Å². The van der Waals surface area contributed by atoms with E-state index in [4.69, 9.17) is 22.3 Å². The lowest BCUT2D eigenvalue weighted by Crippen LogP contribution is -2.36. The minimum absolute atomic E-state index is 0.0182. The fraction of sp³-hybridized carbons (Fsp3) is 0.238. The molecule has 4 aliphatic rings.